The molecule has 0 radical (unpaired) electrons. The van der Waals surface area contributed by atoms with Crippen LogP contribution in [-0.4, -0.2) is 35.4 Å². The Hall–Kier alpha value is -0.970. The van der Waals surface area contributed by atoms with E-state index in [-0.39, 0.29) is 0 Å². The number of thiol groups is 1. The normalized spacial score (nSPS) is 15.6. The van der Waals surface area contributed by atoms with Crippen LogP contribution in [0, 0.1) is 0 Å². The van der Waals surface area contributed by atoms with E-state index in [0.29, 0.717) is 6.04 Å². The lowest BCUT2D eigenvalue weighted by Gasteiger charge is -2.35. The van der Waals surface area contributed by atoms with Gasteiger partial charge in [0.1, 0.15) is 18.0 Å². The van der Waals surface area contributed by atoms with Crippen molar-refractivity contribution in [2.45, 2.75) is 25.3 Å². The van der Waals surface area contributed by atoms with Gasteiger partial charge in [-0.1, -0.05) is 0 Å². The second-order valence-corrected chi connectivity index (χ2v) is 4.55. The van der Waals surface area contributed by atoms with Gasteiger partial charge in [-0.3, -0.25) is 0 Å². The summed E-state index contributed by atoms with van der Waals surface area (Å²) in [6.07, 6.45) is 5.51. The van der Waals surface area contributed by atoms with E-state index in [2.05, 4.69) is 39.9 Å². The molecule has 1 fully saturated rings. The maximum Gasteiger partial charge on any atom is 0.134 e. The molecule has 4 nitrogen and oxygen atoms in total. The summed E-state index contributed by atoms with van der Waals surface area (Å²) in [7, 11) is 2.11. The van der Waals surface area contributed by atoms with Crippen LogP contribution in [0.5, 0.6) is 0 Å². The van der Waals surface area contributed by atoms with Crippen molar-refractivity contribution in [3.63, 3.8) is 0 Å². The fourth-order valence-corrected chi connectivity index (χ4v) is 1.89. The highest BCUT2D eigenvalue weighted by atomic mass is 32.1. The molecule has 1 N–H and O–H groups in total. The molecule has 2 rings (SSSR count). The molecule has 1 saturated carbocycles. The van der Waals surface area contributed by atoms with E-state index in [1.807, 2.05) is 6.07 Å². The largest absolute Gasteiger partial charge is 0.369 e. The van der Waals surface area contributed by atoms with Crippen LogP contribution >= 0.6 is 12.6 Å². The van der Waals surface area contributed by atoms with Crippen LogP contribution < -0.4 is 10.2 Å². The zero-order valence-corrected chi connectivity index (χ0v) is 10.5. The van der Waals surface area contributed by atoms with Gasteiger partial charge in [0.25, 0.3) is 0 Å². The SMILES string of the molecule is CN(c1cc(NCCS)ncn1)C1CCC1. The summed E-state index contributed by atoms with van der Waals surface area (Å²) in [6.45, 7) is 0.826. The van der Waals surface area contributed by atoms with Crippen molar-refractivity contribution in [3.05, 3.63) is 12.4 Å². The molecule has 1 aromatic rings. The van der Waals surface area contributed by atoms with Crippen LogP contribution in [0.25, 0.3) is 0 Å². The molecule has 0 atom stereocenters. The van der Waals surface area contributed by atoms with Gasteiger partial charge in [0.05, 0.1) is 0 Å². The second-order valence-electron chi connectivity index (χ2n) is 4.11. The standard InChI is InChI=1S/C11H18N4S/c1-15(9-3-2-4-9)11-7-10(12-5-6-16)13-8-14-11/h7-9,16H,2-6H2,1H3,(H,12,13,14). The lowest BCUT2D eigenvalue weighted by Crippen LogP contribution is -2.37. The van der Waals surface area contributed by atoms with Gasteiger partial charge < -0.3 is 10.2 Å². The van der Waals surface area contributed by atoms with Crippen LogP contribution in [0.3, 0.4) is 0 Å². The fourth-order valence-electron chi connectivity index (χ4n) is 1.78. The maximum atomic E-state index is 4.31. The lowest BCUT2D eigenvalue weighted by molar-refractivity contribution is 0.399. The van der Waals surface area contributed by atoms with E-state index in [4.69, 9.17) is 0 Å². The Morgan fingerprint density at radius 1 is 1.50 bits per heavy atom. The highest BCUT2D eigenvalue weighted by Gasteiger charge is 2.23. The second kappa shape index (κ2) is 5.39. The highest BCUT2D eigenvalue weighted by Crippen LogP contribution is 2.27. The molecule has 0 amide bonds. The Bertz CT molecular complexity index is 341. The summed E-state index contributed by atoms with van der Waals surface area (Å²) in [5, 5.41) is 3.21. The van der Waals surface area contributed by atoms with E-state index in [1.165, 1.54) is 19.3 Å². The van der Waals surface area contributed by atoms with Crippen molar-refractivity contribution in [3.8, 4) is 0 Å². The third kappa shape index (κ3) is 2.58. The molecule has 1 heterocycles. The predicted molar refractivity (Wildman–Crippen MR) is 70.4 cm³/mol. The number of nitrogens with one attached hydrogen (secondary N) is 1. The first-order valence-electron chi connectivity index (χ1n) is 5.71. The molecule has 88 valence electrons. The molecule has 0 aliphatic heterocycles. The number of hydrogen-bond acceptors (Lipinski definition) is 5. The topological polar surface area (TPSA) is 41.0 Å². The van der Waals surface area contributed by atoms with Gasteiger partial charge in [0.15, 0.2) is 0 Å². The lowest BCUT2D eigenvalue weighted by atomic mass is 9.92. The molecular formula is C11H18N4S. The van der Waals surface area contributed by atoms with Crippen molar-refractivity contribution in [1.82, 2.24) is 9.97 Å². The summed E-state index contributed by atoms with van der Waals surface area (Å²) >= 11 is 4.16. The fraction of sp³-hybridized carbons (Fsp3) is 0.636. The molecule has 5 heteroatoms. The van der Waals surface area contributed by atoms with E-state index < -0.39 is 0 Å². The highest BCUT2D eigenvalue weighted by molar-refractivity contribution is 7.80. The minimum absolute atomic E-state index is 0.660. The Morgan fingerprint density at radius 2 is 2.31 bits per heavy atom. The molecule has 1 aliphatic carbocycles. The Morgan fingerprint density at radius 3 is 2.94 bits per heavy atom. The Kier molecular flexibility index (Phi) is 3.88. The summed E-state index contributed by atoms with van der Waals surface area (Å²) in [5.74, 6) is 2.68. The summed E-state index contributed by atoms with van der Waals surface area (Å²) < 4.78 is 0. The van der Waals surface area contributed by atoms with Gasteiger partial charge in [-0.15, -0.1) is 0 Å². The number of anilines is 2. The van der Waals surface area contributed by atoms with E-state index in [9.17, 15) is 0 Å². The van der Waals surface area contributed by atoms with Crippen LogP contribution in [0.4, 0.5) is 11.6 Å². The predicted octanol–water partition coefficient (Wildman–Crippen LogP) is 1.81. The maximum absolute atomic E-state index is 4.31. The average Bonchev–Trinajstić information content (AvgIpc) is 2.24. The van der Waals surface area contributed by atoms with E-state index in [0.717, 1.165) is 23.9 Å². The first kappa shape index (κ1) is 11.5. The van der Waals surface area contributed by atoms with Crippen molar-refractivity contribution < 1.29 is 0 Å². The van der Waals surface area contributed by atoms with Crippen molar-refractivity contribution in [1.29, 1.82) is 0 Å². The van der Waals surface area contributed by atoms with Gasteiger partial charge in [0.2, 0.25) is 0 Å². The molecule has 0 spiro atoms. The number of rotatable bonds is 5. The van der Waals surface area contributed by atoms with Gasteiger partial charge in [-0.2, -0.15) is 12.6 Å². The molecular weight excluding hydrogens is 220 g/mol. The molecule has 1 aliphatic rings. The van der Waals surface area contributed by atoms with Crippen LogP contribution in [0.2, 0.25) is 0 Å². The van der Waals surface area contributed by atoms with Crippen molar-refractivity contribution >= 4 is 24.3 Å². The van der Waals surface area contributed by atoms with Gasteiger partial charge >= 0.3 is 0 Å². The minimum atomic E-state index is 0.660. The first-order chi connectivity index (χ1) is 7.81. The Labute approximate surface area is 102 Å². The number of hydrogen-bond donors (Lipinski definition) is 2. The van der Waals surface area contributed by atoms with Crippen molar-refractivity contribution in [2.24, 2.45) is 0 Å². The summed E-state index contributed by atoms with van der Waals surface area (Å²) in [5.41, 5.74) is 0. The smallest absolute Gasteiger partial charge is 0.134 e. The molecule has 16 heavy (non-hydrogen) atoms. The summed E-state index contributed by atoms with van der Waals surface area (Å²) in [4.78, 5) is 10.7. The quantitative estimate of drug-likeness (QED) is 0.768. The molecule has 0 saturated heterocycles. The zero-order valence-electron chi connectivity index (χ0n) is 9.56. The minimum Gasteiger partial charge on any atom is -0.369 e. The zero-order chi connectivity index (χ0) is 11.4. The number of aromatic nitrogens is 2. The first-order valence-corrected chi connectivity index (χ1v) is 6.34. The van der Waals surface area contributed by atoms with E-state index >= 15 is 0 Å². The third-order valence-electron chi connectivity index (χ3n) is 3.05. The van der Waals surface area contributed by atoms with Gasteiger partial charge in [-0.25, -0.2) is 9.97 Å². The molecule has 0 bridgehead atoms. The van der Waals surface area contributed by atoms with Crippen LogP contribution in [0.15, 0.2) is 12.4 Å². The molecule has 0 aromatic carbocycles. The van der Waals surface area contributed by atoms with Crippen molar-refractivity contribution in [2.75, 3.05) is 29.6 Å². The van der Waals surface area contributed by atoms with E-state index in [1.54, 1.807) is 6.33 Å². The van der Waals surface area contributed by atoms with Crippen LogP contribution in [0.1, 0.15) is 19.3 Å². The van der Waals surface area contributed by atoms with Gasteiger partial charge in [0, 0.05) is 31.5 Å². The van der Waals surface area contributed by atoms with Crippen LogP contribution in [-0.2, 0) is 0 Å². The third-order valence-corrected chi connectivity index (χ3v) is 3.28. The number of nitrogens with zero attached hydrogens (tertiary/aromatic N) is 3. The molecule has 1 aromatic heterocycles. The monoisotopic (exact) mass is 238 g/mol. The Balaban J connectivity index is 2.02. The average molecular weight is 238 g/mol. The molecule has 0 unspecified atom stereocenters. The summed E-state index contributed by atoms with van der Waals surface area (Å²) in [6, 6.07) is 2.66. The van der Waals surface area contributed by atoms with Gasteiger partial charge in [-0.05, 0) is 19.3 Å².